The van der Waals surface area contributed by atoms with Crippen LogP contribution >= 0.6 is 0 Å². The quantitative estimate of drug-likeness (QED) is 0.352. The molecule has 8 aliphatic rings. The van der Waals surface area contributed by atoms with Crippen molar-refractivity contribution >= 4 is 5.91 Å². The summed E-state index contributed by atoms with van der Waals surface area (Å²) >= 11 is 0. The van der Waals surface area contributed by atoms with E-state index in [0.717, 1.165) is 45.2 Å². The predicted molar refractivity (Wildman–Crippen MR) is 176 cm³/mol. The number of aliphatic hydroxyl groups excluding tert-OH is 2. The summed E-state index contributed by atoms with van der Waals surface area (Å²) in [4.78, 5) is 14.7. The molecule has 0 aromatic carbocycles. The Morgan fingerprint density at radius 2 is 1.77 bits per heavy atom. The molecule has 8 rings (SSSR count). The van der Waals surface area contributed by atoms with Gasteiger partial charge in [-0.3, -0.25) is 9.69 Å². The van der Waals surface area contributed by atoms with Gasteiger partial charge >= 0.3 is 0 Å². The van der Waals surface area contributed by atoms with Crippen LogP contribution in [0.3, 0.4) is 0 Å². The number of carbonyl (C=O) groups is 1. The Kier molecular flexibility index (Phi) is 7.53. The molecule has 9 nitrogen and oxygen atoms in total. The van der Waals surface area contributed by atoms with Crippen molar-refractivity contribution in [2.45, 2.75) is 155 Å². The molecule has 9 heteroatoms. The normalized spacial score (nSPS) is 54.4. The monoisotopic (exact) mass is 658 g/mol. The highest BCUT2D eigenvalue weighted by Crippen LogP contribution is 2.89. The van der Waals surface area contributed by atoms with E-state index in [1.807, 2.05) is 0 Å². The van der Waals surface area contributed by atoms with E-state index in [-0.39, 0.29) is 58.0 Å². The minimum Gasteiger partial charge on any atom is -0.390 e. The molecule has 3 saturated heterocycles. The summed E-state index contributed by atoms with van der Waals surface area (Å²) in [5.41, 5.74) is -1.00. The van der Waals surface area contributed by atoms with Crippen LogP contribution in [-0.4, -0.2) is 101 Å². The molecule has 0 bridgehead atoms. The summed E-state index contributed by atoms with van der Waals surface area (Å²) in [5.74, 6) is 1.69. The van der Waals surface area contributed by atoms with Gasteiger partial charge in [-0.15, -0.1) is 0 Å². The lowest BCUT2D eigenvalue weighted by Crippen LogP contribution is -2.60. The lowest BCUT2D eigenvalue weighted by molar-refractivity contribution is -0.250. The second-order valence-corrected chi connectivity index (χ2v) is 19.2. The Bertz CT molecular complexity index is 1270. The highest BCUT2D eigenvalue weighted by Gasteiger charge is 2.84. The van der Waals surface area contributed by atoms with Gasteiger partial charge in [0.25, 0.3) is 0 Å². The third-order valence-electron chi connectivity index (χ3n) is 16.7. The molecule has 5 saturated carbocycles. The Morgan fingerprint density at radius 3 is 2.47 bits per heavy atom. The van der Waals surface area contributed by atoms with Crippen molar-refractivity contribution in [1.82, 2.24) is 10.2 Å². The van der Waals surface area contributed by atoms with E-state index in [1.54, 1.807) is 13.8 Å². The first-order chi connectivity index (χ1) is 22.0. The first kappa shape index (κ1) is 33.3. The Balaban J connectivity index is 1.02. The van der Waals surface area contributed by atoms with E-state index in [9.17, 15) is 20.1 Å². The highest BCUT2D eigenvalue weighted by atomic mass is 16.7. The molecule has 8 fully saturated rings. The largest absolute Gasteiger partial charge is 0.390 e. The number of morpholine rings is 1. The maximum atomic E-state index is 12.4. The van der Waals surface area contributed by atoms with Crippen molar-refractivity contribution in [1.29, 1.82) is 0 Å². The maximum absolute atomic E-state index is 12.4. The van der Waals surface area contributed by atoms with Gasteiger partial charge in [0.2, 0.25) is 5.91 Å². The minimum absolute atomic E-state index is 0.00507. The van der Waals surface area contributed by atoms with Gasteiger partial charge in [0.1, 0.15) is 6.10 Å². The van der Waals surface area contributed by atoms with Gasteiger partial charge in [-0.05, 0) is 117 Å². The van der Waals surface area contributed by atoms with Crippen LogP contribution < -0.4 is 5.32 Å². The summed E-state index contributed by atoms with van der Waals surface area (Å²) in [7, 11) is 0. The molecule has 5 aliphatic carbocycles. The number of amides is 1. The fourth-order valence-electron chi connectivity index (χ4n) is 14.3. The second-order valence-electron chi connectivity index (χ2n) is 19.2. The van der Waals surface area contributed by atoms with Crippen molar-refractivity contribution in [2.75, 3.05) is 26.2 Å². The van der Waals surface area contributed by atoms with Crippen molar-refractivity contribution < 1.29 is 34.3 Å². The number of rotatable bonds is 5. The van der Waals surface area contributed by atoms with Crippen LogP contribution in [0, 0.1) is 50.7 Å². The predicted octanol–water partition coefficient (Wildman–Crippen LogP) is 3.86. The van der Waals surface area contributed by atoms with Crippen LogP contribution in [0.25, 0.3) is 0 Å². The van der Waals surface area contributed by atoms with Crippen LogP contribution in [0.5, 0.6) is 0 Å². The Morgan fingerprint density at radius 1 is 1.04 bits per heavy atom. The average molecular weight is 659 g/mol. The summed E-state index contributed by atoms with van der Waals surface area (Å²) in [6, 6.07) is -0.0618. The third kappa shape index (κ3) is 4.35. The average Bonchev–Trinajstić information content (AvgIpc) is 3.41. The molecule has 266 valence electrons. The van der Waals surface area contributed by atoms with Gasteiger partial charge in [0.05, 0.1) is 49.2 Å². The molecule has 47 heavy (non-hydrogen) atoms. The van der Waals surface area contributed by atoms with Gasteiger partial charge in [-0.2, -0.15) is 0 Å². The Hall–Kier alpha value is -0.810. The Labute approximate surface area is 281 Å². The van der Waals surface area contributed by atoms with Crippen molar-refractivity contribution in [3.8, 4) is 0 Å². The van der Waals surface area contributed by atoms with E-state index in [1.165, 1.54) is 19.3 Å². The molecule has 3 heterocycles. The molecule has 0 radical (unpaired) electrons. The van der Waals surface area contributed by atoms with E-state index in [2.05, 4.69) is 44.8 Å². The van der Waals surface area contributed by atoms with Crippen LogP contribution in [0.2, 0.25) is 0 Å². The van der Waals surface area contributed by atoms with Crippen molar-refractivity contribution in [3.63, 3.8) is 0 Å². The van der Waals surface area contributed by atoms with E-state index < -0.39 is 23.9 Å². The number of fused-ring (bicyclic) bond motifs is 4. The molecule has 3 unspecified atom stereocenters. The summed E-state index contributed by atoms with van der Waals surface area (Å²) in [6.45, 7) is 18.1. The minimum atomic E-state index is -1.26. The SMILES string of the molecule is C[C@@H]1C[C@H]([C@H](O)C(C)(C)O)O[C@H]2C1[C@@]1(C)CC[C@@]34C[C@@]35CC[C@H](OC3CN(C6CCNC6=O)CCO3)C(C)(C)[C@@H]5CC[C@H]4[C@]1(C)[C@H]2O. The summed E-state index contributed by atoms with van der Waals surface area (Å²) in [6.07, 6.45) is 7.10. The lowest BCUT2D eigenvalue weighted by atomic mass is 9.41. The zero-order valence-corrected chi connectivity index (χ0v) is 30.0. The molecular weight excluding hydrogens is 596 g/mol. The number of nitrogens with one attached hydrogen (secondary N) is 1. The van der Waals surface area contributed by atoms with Gasteiger partial charge < -0.3 is 34.8 Å². The van der Waals surface area contributed by atoms with Gasteiger partial charge in [-0.1, -0.05) is 34.6 Å². The number of nitrogens with zero attached hydrogens (tertiary/aromatic N) is 1. The second kappa shape index (κ2) is 10.6. The molecule has 1 amide bonds. The molecular formula is C38H62N2O7. The van der Waals surface area contributed by atoms with Crippen LogP contribution in [0.1, 0.15) is 106 Å². The number of hydrogen-bond acceptors (Lipinski definition) is 8. The van der Waals surface area contributed by atoms with E-state index >= 15 is 0 Å². The fourth-order valence-corrected chi connectivity index (χ4v) is 14.3. The maximum Gasteiger partial charge on any atom is 0.237 e. The standard InChI is InChI=1S/C38H62N2O7/c1-21-18-23(30(41)34(4,5)44)46-29-28(21)35(6)13-14-38-20-37(38)12-10-26(33(2,3)24(37)8-9-25(38)36(35,7)31(29)42)47-27-19-40(16-17-45-27)22-11-15-39-32(22)43/h21-31,41-42,44H,8-20H2,1-7H3,(H,39,43)/t21-,22?,23-,24+,25+,26+,27?,28?,29+,30+,31+,35-,36-,37-,38+/m1/s1. The van der Waals surface area contributed by atoms with Crippen LogP contribution in [0.15, 0.2) is 0 Å². The van der Waals surface area contributed by atoms with E-state index in [4.69, 9.17) is 14.2 Å². The summed E-state index contributed by atoms with van der Waals surface area (Å²) in [5, 5.41) is 37.1. The van der Waals surface area contributed by atoms with Crippen molar-refractivity contribution in [2.24, 2.45) is 50.7 Å². The smallest absolute Gasteiger partial charge is 0.237 e. The number of aliphatic hydroxyl groups is 3. The van der Waals surface area contributed by atoms with Crippen molar-refractivity contribution in [3.05, 3.63) is 0 Å². The zero-order chi connectivity index (χ0) is 33.5. The molecule has 4 N–H and O–H groups in total. The molecule has 0 aromatic heterocycles. The highest BCUT2D eigenvalue weighted by molar-refractivity contribution is 5.83. The van der Waals surface area contributed by atoms with Gasteiger partial charge in [0.15, 0.2) is 6.29 Å². The molecule has 3 aliphatic heterocycles. The molecule has 15 atom stereocenters. The first-order valence-corrected chi connectivity index (χ1v) is 19.0. The molecule has 2 spiro atoms. The number of carbonyl (C=O) groups excluding carboxylic acids is 1. The van der Waals surface area contributed by atoms with Gasteiger partial charge in [0, 0.05) is 18.5 Å². The summed E-state index contributed by atoms with van der Waals surface area (Å²) < 4.78 is 19.7. The lowest BCUT2D eigenvalue weighted by Gasteiger charge is -2.64. The van der Waals surface area contributed by atoms with Crippen LogP contribution in [-0.2, 0) is 19.0 Å². The number of hydrogen-bond donors (Lipinski definition) is 4. The first-order valence-electron chi connectivity index (χ1n) is 19.0. The third-order valence-corrected chi connectivity index (χ3v) is 16.7. The van der Waals surface area contributed by atoms with E-state index in [0.29, 0.717) is 42.7 Å². The van der Waals surface area contributed by atoms with Gasteiger partial charge in [-0.25, -0.2) is 0 Å². The molecule has 0 aromatic rings. The number of ether oxygens (including phenoxy) is 3. The fraction of sp³-hybridized carbons (Fsp3) is 0.974. The topological polar surface area (TPSA) is 121 Å². The zero-order valence-electron chi connectivity index (χ0n) is 30.0. The van der Waals surface area contributed by atoms with Crippen LogP contribution in [0.4, 0.5) is 0 Å².